The van der Waals surface area contributed by atoms with E-state index >= 15 is 0 Å². The minimum atomic E-state index is -0.765. The summed E-state index contributed by atoms with van der Waals surface area (Å²) in [5.74, 6) is -0.765. The average molecular weight is 312 g/mol. The second-order valence-corrected chi connectivity index (χ2v) is 5.94. The van der Waals surface area contributed by atoms with E-state index in [2.05, 4.69) is 17.6 Å². The largest absolute Gasteiger partial charge is 0.481 e. The van der Waals surface area contributed by atoms with Crippen LogP contribution in [0.5, 0.6) is 0 Å². The lowest BCUT2D eigenvalue weighted by Gasteiger charge is -2.17. The zero-order valence-corrected chi connectivity index (χ0v) is 13.2. The molecule has 0 bridgehead atoms. The lowest BCUT2D eigenvalue weighted by Crippen LogP contribution is -2.38. The van der Waals surface area contributed by atoms with E-state index in [1.807, 2.05) is 17.5 Å². The van der Waals surface area contributed by atoms with Gasteiger partial charge in [-0.05, 0) is 30.7 Å². The number of hydrogen-bond acceptors (Lipinski definition) is 3. The molecule has 0 saturated carbocycles. The van der Waals surface area contributed by atoms with Gasteiger partial charge in [0, 0.05) is 17.8 Å². The summed E-state index contributed by atoms with van der Waals surface area (Å²) in [7, 11) is 0. The van der Waals surface area contributed by atoms with Crippen LogP contribution in [0.4, 0.5) is 4.79 Å². The van der Waals surface area contributed by atoms with Gasteiger partial charge in [-0.1, -0.05) is 25.8 Å². The topological polar surface area (TPSA) is 78.4 Å². The van der Waals surface area contributed by atoms with Gasteiger partial charge in [0.1, 0.15) is 0 Å². The smallest absolute Gasteiger partial charge is 0.315 e. The average Bonchev–Trinajstić information content (AvgIpc) is 2.96. The molecule has 0 fully saturated rings. The Bertz CT molecular complexity index is 421. The van der Waals surface area contributed by atoms with Crippen molar-refractivity contribution in [3.63, 3.8) is 0 Å². The molecule has 3 N–H and O–H groups in total. The van der Waals surface area contributed by atoms with Crippen LogP contribution < -0.4 is 10.6 Å². The van der Waals surface area contributed by atoms with Crippen molar-refractivity contribution in [1.29, 1.82) is 0 Å². The maximum Gasteiger partial charge on any atom is 0.315 e. The number of unbranched alkanes of at least 4 members (excludes halogenated alkanes) is 2. The first-order valence-corrected chi connectivity index (χ1v) is 8.31. The quantitative estimate of drug-likeness (QED) is 0.578. The highest BCUT2D eigenvalue weighted by Crippen LogP contribution is 2.22. The van der Waals surface area contributed by atoms with Crippen LogP contribution in [-0.4, -0.2) is 23.7 Å². The zero-order valence-electron chi connectivity index (χ0n) is 12.4. The van der Waals surface area contributed by atoms with Crippen molar-refractivity contribution in [3.05, 3.63) is 22.4 Å². The first-order chi connectivity index (χ1) is 10.1. The van der Waals surface area contributed by atoms with Gasteiger partial charge < -0.3 is 15.7 Å². The van der Waals surface area contributed by atoms with Crippen LogP contribution >= 0.6 is 11.3 Å². The molecule has 0 saturated heterocycles. The van der Waals surface area contributed by atoms with Crippen LogP contribution in [0.1, 0.15) is 56.4 Å². The predicted molar refractivity (Wildman–Crippen MR) is 84.6 cm³/mol. The number of carbonyl (C=O) groups is 2. The van der Waals surface area contributed by atoms with Gasteiger partial charge in [0.15, 0.2) is 0 Å². The fraction of sp³-hybridized carbons (Fsp3) is 0.600. The van der Waals surface area contributed by atoms with Crippen molar-refractivity contribution < 1.29 is 14.7 Å². The number of carboxylic acid groups (broad SMARTS) is 1. The van der Waals surface area contributed by atoms with Crippen molar-refractivity contribution in [2.45, 2.75) is 51.5 Å². The zero-order chi connectivity index (χ0) is 15.5. The highest BCUT2D eigenvalue weighted by atomic mass is 32.1. The molecule has 21 heavy (non-hydrogen) atoms. The molecule has 0 aromatic carbocycles. The molecule has 0 aliphatic rings. The minimum absolute atomic E-state index is 0.0713. The molecule has 1 unspecified atom stereocenters. The van der Waals surface area contributed by atoms with Crippen LogP contribution in [0.15, 0.2) is 17.5 Å². The Morgan fingerprint density at radius 2 is 2.14 bits per heavy atom. The van der Waals surface area contributed by atoms with Crippen molar-refractivity contribution >= 4 is 23.3 Å². The maximum atomic E-state index is 11.9. The molecule has 0 radical (unpaired) electrons. The number of carbonyl (C=O) groups excluding carboxylic acids is 1. The van der Waals surface area contributed by atoms with Crippen LogP contribution in [0.25, 0.3) is 0 Å². The monoisotopic (exact) mass is 312 g/mol. The lowest BCUT2D eigenvalue weighted by atomic mass is 10.1. The molecule has 1 aromatic rings. The molecule has 0 aliphatic carbocycles. The number of nitrogens with one attached hydrogen (secondary N) is 2. The lowest BCUT2D eigenvalue weighted by molar-refractivity contribution is -0.137. The Morgan fingerprint density at radius 3 is 2.76 bits per heavy atom. The number of urea groups is 1. The first kappa shape index (κ1) is 17.5. The molecule has 5 nitrogen and oxygen atoms in total. The van der Waals surface area contributed by atoms with Gasteiger partial charge in [0.2, 0.25) is 0 Å². The van der Waals surface area contributed by atoms with Crippen molar-refractivity contribution in [2.75, 3.05) is 6.54 Å². The molecule has 118 valence electrons. The van der Waals surface area contributed by atoms with Crippen LogP contribution in [-0.2, 0) is 4.79 Å². The van der Waals surface area contributed by atoms with E-state index in [-0.39, 0.29) is 18.5 Å². The third-order valence-corrected chi connectivity index (χ3v) is 4.11. The third-order valence-electron chi connectivity index (χ3n) is 3.12. The van der Waals surface area contributed by atoms with Gasteiger partial charge in [-0.3, -0.25) is 4.79 Å². The second kappa shape index (κ2) is 10.2. The molecular formula is C15H24N2O3S. The highest BCUT2D eigenvalue weighted by molar-refractivity contribution is 7.10. The number of rotatable bonds is 10. The van der Waals surface area contributed by atoms with E-state index in [0.717, 1.165) is 25.7 Å². The van der Waals surface area contributed by atoms with Crippen LogP contribution in [0.3, 0.4) is 0 Å². The second-order valence-electron chi connectivity index (χ2n) is 4.96. The van der Waals surface area contributed by atoms with Crippen LogP contribution in [0.2, 0.25) is 0 Å². The molecule has 0 spiro atoms. The highest BCUT2D eigenvalue weighted by Gasteiger charge is 2.14. The van der Waals surface area contributed by atoms with E-state index in [9.17, 15) is 9.59 Å². The van der Waals surface area contributed by atoms with Crippen molar-refractivity contribution in [1.82, 2.24) is 10.6 Å². The van der Waals surface area contributed by atoms with Gasteiger partial charge in [0.25, 0.3) is 0 Å². The Kier molecular flexibility index (Phi) is 8.50. The Labute approximate surface area is 129 Å². The molecule has 6 heteroatoms. The van der Waals surface area contributed by atoms with E-state index < -0.39 is 5.97 Å². The van der Waals surface area contributed by atoms with Gasteiger partial charge >= 0.3 is 12.0 Å². The molecule has 2 amide bonds. The Balaban J connectivity index is 2.20. The summed E-state index contributed by atoms with van der Waals surface area (Å²) in [6.45, 7) is 2.68. The van der Waals surface area contributed by atoms with Gasteiger partial charge in [-0.25, -0.2) is 4.79 Å². The fourth-order valence-electron chi connectivity index (χ4n) is 2.05. The Morgan fingerprint density at radius 1 is 1.33 bits per heavy atom. The molecule has 1 atom stereocenters. The summed E-state index contributed by atoms with van der Waals surface area (Å²) in [6, 6.07) is 3.95. The van der Waals surface area contributed by atoms with E-state index in [1.54, 1.807) is 11.3 Å². The number of hydrogen-bond donors (Lipinski definition) is 3. The summed E-state index contributed by atoms with van der Waals surface area (Å²) >= 11 is 1.65. The molecular weight excluding hydrogens is 288 g/mol. The van der Waals surface area contributed by atoms with Crippen molar-refractivity contribution in [2.24, 2.45) is 0 Å². The number of aliphatic carboxylic acids is 1. The molecule has 0 aliphatic heterocycles. The summed E-state index contributed by atoms with van der Waals surface area (Å²) in [5, 5.41) is 16.4. The summed E-state index contributed by atoms with van der Waals surface area (Å²) in [5.41, 5.74) is 0. The predicted octanol–water partition coefficient (Wildman–Crippen LogP) is 3.53. The molecule has 1 rings (SSSR count). The number of carboxylic acids is 1. The van der Waals surface area contributed by atoms with E-state index in [0.29, 0.717) is 13.0 Å². The standard InChI is InChI=1S/C15H24N2O3S/c1-2-7-12(13-8-6-11-21-13)17-15(20)16-10-5-3-4-9-14(18)19/h6,8,11-12H,2-5,7,9-10H2,1H3,(H,18,19)(H2,16,17,20). The van der Waals surface area contributed by atoms with Crippen molar-refractivity contribution in [3.8, 4) is 0 Å². The summed E-state index contributed by atoms with van der Waals surface area (Å²) < 4.78 is 0. The maximum absolute atomic E-state index is 11.9. The van der Waals surface area contributed by atoms with Gasteiger partial charge in [-0.2, -0.15) is 0 Å². The number of amides is 2. The van der Waals surface area contributed by atoms with E-state index in [1.165, 1.54) is 4.88 Å². The van der Waals surface area contributed by atoms with Crippen LogP contribution in [0, 0.1) is 0 Å². The molecule has 1 heterocycles. The SMILES string of the molecule is CCCC(NC(=O)NCCCCCC(=O)O)c1cccs1. The fourth-order valence-corrected chi connectivity index (χ4v) is 2.87. The summed E-state index contributed by atoms with van der Waals surface area (Å²) in [6.07, 6.45) is 4.41. The minimum Gasteiger partial charge on any atom is -0.481 e. The molecule has 1 aromatic heterocycles. The Hall–Kier alpha value is -1.56. The number of thiophene rings is 1. The third kappa shape index (κ3) is 7.70. The van der Waals surface area contributed by atoms with Gasteiger partial charge in [-0.15, -0.1) is 11.3 Å². The van der Waals surface area contributed by atoms with Gasteiger partial charge in [0.05, 0.1) is 6.04 Å². The normalized spacial score (nSPS) is 11.9. The summed E-state index contributed by atoms with van der Waals surface area (Å²) in [4.78, 5) is 23.4. The van der Waals surface area contributed by atoms with E-state index in [4.69, 9.17) is 5.11 Å². The first-order valence-electron chi connectivity index (χ1n) is 7.43.